The highest BCUT2D eigenvalue weighted by molar-refractivity contribution is 5.29. The van der Waals surface area contributed by atoms with Crippen molar-refractivity contribution in [2.75, 3.05) is 0 Å². The van der Waals surface area contributed by atoms with Gasteiger partial charge < -0.3 is 4.74 Å². The lowest BCUT2D eigenvalue weighted by Gasteiger charge is -2.21. The van der Waals surface area contributed by atoms with Crippen LogP contribution in [0.5, 0.6) is 5.75 Å². The molecule has 0 amide bonds. The topological polar surface area (TPSA) is 9.23 Å². The van der Waals surface area contributed by atoms with Gasteiger partial charge in [0, 0.05) is 0 Å². The summed E-state index contributed by atoms with van der Waals surface area (Å²) in [5.41, 5.74) is 1.08. The van der Waals surface area contributed by atoms with Crippen LogP contribution >= 0.6 is 0 Å². The molecule has 0 aliphatic rings. The Kier molecular flexibility index (Phi) is 2.97. The van der Waals surface area contributed by atoms with Gasteiger partial charge in [-0.25, -0.2) is 0 Å². The Labute approximate surface area is 80.7 Å². The Morgan fingerprint density at radius 2 is 2.00 bits per heavy atom. The lowest BCUT2D eigenvalue weighted by atomic mass is 10.1. The van der Waals surface area contributed by atoms with Crippen LogP contribution in [-0.4, -0.2) is 5.60 Å². The molecule has 1 rings (SSSR count). The van der Waals surface area contributed by atoms with Gasteiger partial charge in [-0.15, -0.1) is 0 Å². The molecule has 1 radical (unpaired) electrons. The molecule has 0 aliphatic carbocycles. The van der Waals surface area contributed by atoms with Crippen LogP contribution in [0, 0.1) is 6.92 Å². The Hall–Kier alpha value is -0.980. The van der Waals surface area contributed by atoms with Crippen molar-refractivity contribution < 1.29 is 4.74 Å². The lowest BCUT2D eigenvalue weighted by molar-refractivity contribution is 0.131. The molecule has 1 heteroatoms. The van der Waals surface area contributed by atoms with Crippen LogP contribution in [0.1, 0.15) is 26.3 Å². The summed E-state index contributed by atoms with van der Waals surface area (Å²) in [6.07, 6.45) is 0.807. The van der Waals surface area contributed by atoms with Gasteiger partial charge in [0.1, 0.15) is 11.4 Å². The van der Waals surface area contributed by atoms with E-state index in [4.69, 9.17) is 4.74 Å². The molecule has 0 unspecified atom stereocenters. The van der Waals surface area contributed by atoms with E-state index in [2.05, 4.69) is 13.0 Å². The first-order valence-electron chi connectivity index (χ1n) is 4.58. The van der Waals surface area contributed by atoms with Crippen molar-refractivity contribution in [1.29, 1.82) is 0 Å². The van der Waals surface area contributed by atoms with Gasteiger partial charge in [0.2, 0.25) is 0 Å². The molecule has 0 atom stereocenters. The molecule has 71 valence electrons. The molecule has 1 nitrogen and oxygen atoms in total. The smallest absolute Gasteiger partial charge is 0.120 e. The monoisotopic (exact) mass is 177 g/mol. The number of ether oxygens (including phenoxy) is 1. The maximum atomic E-state index is 5.72. The number of benzene rings is 1. The molecule has 0 N–H and O–H groups in total. The van der Waals surface area contributed by atoms with E-state index >= 15 is 0 Å². The third-order valence-electron chi connectivity index (χ3n) is 1.61. The van der Waals surface area contributed by atoms with Gasteiger partial charge in [0.15, 0.2) is 0 Å². The molecule has 0 heterocycles. The van der Waals surface area contributed by atoms with E-state index in [0.717, 1.165) is 12.2 Å². The second-order valence-electron chi connectivity index (χ2n) is 4.11. The fourth-order valence-electron chi connectivity index (χ4n) is 1.12. The summed E-state index contributed by atoms with van der Waals surface area (Å²) >= 11 is 0. The number of hydrogen-bond donors (Lipinski definition) is 0. The van der Waals surface area contributed by atoms with E-state index in [-0.39, 0.29) is 5.60 Å². The van der Waals surface area contributed by atoms with Crippen LogP contribution in [0.3, 0.4) is 0 Å². The van der Waals surface area contributed by atoms with Crippen molar-refractivity contribution in [1.82, 2.24) is 0 Å². The molecule has 1 aromatic carbocycles. The Morgan fingerprint density at radius 3 is 2.54 bits per heavy atom. The molecule has 0 saturated carbocycles. The minimum absolute atomic E-state index is 0.125. The zero-order valence-corrected chi connectivity index (χ0v) is 8.63. The van der Waals surface area contributed by atoms with Crippen LogP contribution in [0.25, 0.3) is 0 Å². The zero-order valence-electron chi connectivity index (χ0n) is 8.63. The maximum absolute atomic E-state index is 5.72. The van der Waals surface area contributed by atoms with Crippen LogP contribution < -0.4 is 4.74 Å². The minimum Gasteiger partial charge on any atom is -0.488 e. The van der Waals surface area contributed by atoms with E-state index < -0.39 is 0 Å². The van der Waals surface area contributed by atoms with Crippen LogP contribution in [0.2, 0.25) is 0 Å². The largest absolute Gasteiger partial charge is 0.488 e. The summed E-state index contributed by atoms with van der Waals surface area (Å²) < 4.78 is 5.72. The van der Waals surface area contributed by atoms with Gasteiger partial charge in [0.25, 0.3) is 0 Å². The molecule has 0 bridgehead atoms. The maximum Gasteiger partial charge on any atom is 0.120 e. The third kappa shape index (κ3) is 3.49. The molecule has 0 spiro atoms. The SMILES string of the molecule is [CH2]Cc1cccc(OC(C)(C)C)c1. The molecule has 0 fully saturated rings. The Bertz CT molecular complexity index is 271. The molecule has 13 heavy (non-hydrogen) atoms. The van der Waals surface area contributed by atoms with Crippen molar-refractivity contribution in [2.24, 2.45) is 0 Å². The van der Waals surface area contributed by atoms with E-state index in [0.29, 0.717) is 0 Å². The summed E-state index contributed by atoms with van der Waals surface area (Å²) in [6.45, 7) is 9.97. The Balaban J connectivity index is 2.78. The highest BCUT2D eigenvalue weighted by atomic mass is 16.5. The van der Waals surface area contributed by atoms with Crippen LogP contribution in [0.4, 0.5) is 0 Å². The number of hydrogen-bond acceptors (Lipinski definition) is 1. The van der Waals surface area contributed by atoms with Crippen molar-refractivity contribution >= 4 is 0 Å². The van der Waals surface area contributed by atoms with Crippen molar-refractivity contribution in [2.45, 2.75) is 32.8 Å². The summed E-state index contributed by atoms with van der Waals surface area (Å²) in [4.78, 5) is 0. The molecular formula is C12H17O. The third-order valence-corrected chi connectivity index (χ3v) is 1.61. The molecular weight excluding hydrogens is 160 g/mol. The van der Waals surface area contributed by atoms with E-state index in [1.807, 2.05) is 39.0 Å². The van der Waals surface area contributed by atoms with Crippen molar-refractivity contribution in [3.63, 3.8) is 0 Å². The van der Waals surface area contributed by atoms with Gasteiger partial charge in [-0.1, -0.05) is 12.1 Å². The van der Waals surface area contributed by atoms with Crippen molar-refractivity contribution in [3.05, 3.63) is 36.8 Å². The summed E-state index contributed by atoms with van der Waals surface area (Å²) in [6, 6.07) is 8.08. The molecule has 0 aliphatic heterocycles. The predicted octanol–water partition coefficient (Wildman–Crippen LogP) is 3.24. The quantitative estimate of drug-likeness (QED) is 0.674. The van der Waals surface area contributed by atoms with Gasteiger partial charge >= 0.3 is 0 Å². The number of rotatable bonds is 2. The molecule has 1 aromatic rings. The van der Waals surface area contributed by atoms with Gasteiger partial charge in [-0.2, -0.15) is 0 Å². The van der Waals surface area contributed by atoms with E-state index in [9.17, 15) is 0 Å². The van der Waals surface area contributed by atoms with Crippen LogP contribution in [-0.2, 0) is 6.42 Å². The normalized spacial score (nSPS) is 11.4. The minimum atomic E-state index is -0.125. The van der Waals surface area contributed by atoms with Gasteiger partial charge in [-0.3, -0.25) is 0 Å². The predicted molar refractivity (Wildman–Crippen MR) is 55.9 cm³/mol. The fourth-order valence-corrected chi connectivity index (χ4v) is 1.12. The molecule has 0 saturated heterocycles. The second kappa shape index (κ2) is 3.82. The summed E-state index contributed by atoms with van der Waals surface area (Å²) in [7, 11) is 0. The zero-order chi connectivity index (χ0) is 9.90. The lowest BCUT2D eigenvalue weighted by Crippen LogP contribution is -2.22. The summed E-state index contributed by atoms with van der Waals surface area (Å²) in [5.74, 6) is 0.925. The van der Waals surface area contributed by atoms with Crippen molar-refractivity contribution in [3.8, 4) is 5.75 Å². The first-order valence-corrected chi connectivity index (χ1v) is 4.58. The fraction of sp³-hybridized carbons (Fsp3) is 0.417. The first kappa shape index (κ1) is 10.1. The second-order valence-corrected chi connectivity index (χ2v) is 4.11. The summed E-state index contributed by atoms with van der Waals surface area (Å²) in [5, 5.41) is 0. The average molecular weight is 177 g/mol. The Morgan fingerprint density at radius 1 is 1.31 bits per heavy atom. The standard InChI is InChI=1S/C12H17O/c1-5-10-7-6-8-11(9-10)13-12(2,3)4/h6-9H,1,5H2,2-4H3. The van der Waals surface area contributed by atoms with Gasteiger partial charge in [0.05, 0.1) is 0 Å². The average Bonchev–Trinajstić information content (AvgIpc) is 2.01. The van der Waals surface area contributed by atoms with Gasteiger partial charge in [-0.05, 0) is 51.8 Å². The first-order chi connectivity index (χ1) is 6.01. The van der Waals surface area contributed by atoms with Crippen LogP contribution in [0.15, 0.2) is 24.3 Å². The van der Waals surface area contributed by atoms with E-state index in [1.165, 1.54) is 5.56 Å². The van der Waals surface area contributed by atoms with E-state index in [1.54, 1.807) is 0 Å². The highest BCUT2D eigenvalue weighted by Gasteiger charge is 2.11. The molecule has 0 aromatic heterocycles. The highest BCUT2D eigenvalue weighted by Crippen LogP contribution is 2.19.